The van der Waals surface area contributed by atoms with Gasteiger partial charge in [0.05, 0.1) is 33.1 Å². The first-order chi connectivity index (χ1) is 61.4. The molecule has 1 N–H and O–H groups in total. The molecule has 0 atom stereocenters. The van der Waals surface area contributed by atoms with E-state index in [-0.39, 0.29) is 0 Å². The molecule has 16 nitrogen and oxygen atoms in total. The average molecular weight is 1590 g/mol. The lowest BCUT2D eigenvalue weighted by Crippen LogP contribution is -2.01. The summed E-state index contributed by atoms with van der Waals surface area (Å²) >= 11 is 0. The number of H-pyrrole nitrogens is 1. The van der Waals surface area contributed by atoms with Gasteiger partial charge in [-0.25, -0.2) is 44.9 Å². The van der Waals surface area contributed by atoms with Gasteiger partial charge in [0.25, 0.3) is 0 Å². The van der Waals surface area contributed by atoms with Gasteiger partial charge in [-0.15, -0.1) is 0 Å². The molecule has 24 aromatic rings. The number of para-hydroxylation sites is 4. The van der Waals surface area contributed by atoms with Crippen LogP contribution in [0.4, 0.5) is 0 Å². The molecule has 0 amide bonds. The number of hydrogen-bond donors (Lipinski definition) is 1. The van der Waals surface area contributed by atoms with Crippen LogP contribution in [-0.2, 0) is 0 Å². The van der Waals surface area contributed by atoms with Gasteiger partial charge in [-0.1, -0.05) is 243 Å². The SMILES string of the molecule is c1ccc(-c2nc(-c3cccc(-n4c5ccccc5c5cc(-c6ccc7[nH]c8ccccc8c7c6)ccc54)c3)nc(-c3ccccn3)n2)cc1.c1ccc(-c2nc(-c3cccc(-n4c5ccccc5c5cc(-c6ccc7c(c6)c6ccccc6n7-c6cccc(-c7nc(-c8ccccc8)nc(-c8ccccn8)n7)c6)ccc54)c3)nc(-c3ccccn3)n2)cc1. The number of nitrogens with zero attached hydrogens (tertiary/aromatic N) is 15. The molecule has 24 rings (SSSR count). The predicted molar refractivity (Wildman–Crippen MR) is 499 cm³/mol. The van der Waals surface area contributed by atoms with E-state index >= 15 is 0 Å². The van der Waals surface area contributed by atoms with Crippen molar-refractivity contribution in [2.24, 2.45) is 0 Å². The number of rotatable bonds is 14. The molecule has 0 unspecified atom stereocenters. The van der Waals surface area contributed by atoms with Crippen LogP contribution in [0, 0.1) is 0 Å². The minimum Gasteiger partial charge on any atom is -0.355 e. The van der Waals surface area contributed by atoms with E-state index < -0.39 is 0 Å². The number of aromatic nitrogens is 16. The highest BCUT2D eigenvalue weighted by atomic mass is 15.1. The monoisotopic (exact) mass is 1590 g/mol. The van der Waals surface area contributed by atoms with Gasteiger partial charge >= 0.3 is 0 Å². The Labute approximate surface area is 710 Å². The van der Waals surface area contributed by atoms with Gasteiger partial charge in [0.15, 0.2) is 52.4 Å². The molecule has 0 aliphatic carbocycles. The van der Waals surface area contributed by atoms with Gasteiger partial charge in [0.2, 0.25) is 0 Å². The molecule has 10 heterocycles. The van der Waals surface area contributed by atoms with Gasteiger partial charge < -0.3 is 18.7 Å². The highest BCUT2D eigenvalue weighted by molar-refractivity contribution is 6.15. The summed E-state index contributed by atoms with van der Waals surface area (Å²) in [4.78, 5) is 61.7. The molecule has 0 aliphatic heterocycles. The summed E-state index contributed by atoms with van der Waals surface area (Å²) in [5.74, 6) is 5.11. The van der Waals surface area contributed by atoms with Crippen LogP contribution >= 0.6 is 0 Å². The zero-order chi connectivity index (χ0) is 82.0. The standard InChI is InChI=1S/C64H40N10.C44H28N6/c1-3-17-41(18-4-1)59-67-61(71-63(69-59)53-27-11-13-35-65-53)45-21-15-23-47(37-45)73-55-29-9-7-25-49(55)51-39-43(31-33-57(51)73)44-32-34-58-52(40-44)50-26-8-10-30-56(50)74(58)48-24-16-22-46(38-48)62-68-60(42-19-5-2-6-20-42)70-64(72-62)54-28-12-14-36-66-54;1-2-11-28(12-3-1)42-47-43(49-44(48-42)39-18-8-9-24-45-39)31-13-10-14-32(25-31)50-40-19-7-5-16-34(40)36-27-30(21-23-41(36)50)29-20-22-38-35(26-29)33-15-4-6-17-37(33)46-38/h1-40H;1-27,46H. The maximum atomic E-state index is 5.02. The van der Waals surface area contributed by atoms with Crippen LogP contribution < -0.4 is 0 Å². The molecular weight excluding hydrogens is 1520 g/mol. The third-order valence-electron chi connectivity index (χ3n) is 23.0. The summed E-state index contributed by atoms with van der Waals surface area (Å²) in [7, 11) is 0. The summed E-state index contributed by atoms with van der Waals surface area (Å²) in [6, 6.07) is 134. The average Bonchev–Trinajstić information content (AvgIpc) is 1.59. The molecule has 0 bridgehead atoms. The van der Waals surface area contributed by atoms with Crippen LogP contribution in [-0.4, -0.2) is 78.5 Å². The lowest BCUT2D eigenvalue weighted by atomic mass is 10.0. The Morgan fingerprint density at radius 3 is 0.774 bits per heavy atom. The molecular formula is C108H68N16. The van der Waals surface area contributed by atoms with Gasteiger partial charge in [-0.3, -0.25) is 15.0 Å². The van der Waals surface area contributed by atoms with Gasteiger partial charge in [-0.2, -0.15) is 0 Å². The van der Waals surface area contributed by atoms with Crippen molar-refractivity contribution in [3.8, 4) is 142 Å². The molecule has 124 heavy (non-hydrogen) atoms. The van der Waals surface area contributed by atoms with Crippen LogP contribution in [0.15, 0.2) is 407 Å². The quantitative estimate of drug-likeness (QED) is 0.109. The van der Waals surface area contributed by atoms with Crippen LogP contribution in [0.1, 0.15) is 0 Å². The number of hydrogen-bond acceptors (Lipinski definition) is 12. The third-order valence-corrected chi connectivity index (χ3v) is 23.0. The van der Waals surface area contributed by atoms with Crippen molar-refractivity contribution in [1.29, 1.82) is 0 Å². The molecule has 0 radical (unpaired) electrons. The fraction of sp³-hybridized carbons (Fsp3) is 0. The molecule has 14 aromatic carbocycles. The predicted octanol–water partition coefficient (Wildman–Crippen LogP) is 25.4. The second-order valence-electron chi connectivity index (χ2n) is 30.5. The first kappa shape index (κ1) is 72.0. The summed E-state index contributed by atoms with van der Waals surface area (Å²) < 4.78 is 7.00. The van der Waals surface area contributed by atoms with Crippen LogP contribution in [0.2, 0.25) is 0 Å². The van der Waals surface area contributed by atoms with E-state index in [0.29, 0.717) is 69.5 Å². The Morgan fingerprint density at radius 1 is 0.161 bits per heavy atom. The van der Waals surface area contributed by atoms with E-state index in [2.05, 4.69) is 276 Å². The van der Waals surface area contributed by atoms with Gasteiger partial charge in [0, 0.05) is 123 Å². The van der Waals surface area contributed by atoms with Crippen molar-refractivity contribution in [1.82, 2.24) is 78.5 Å². The van der Waals surface area contributed by atoms with Crippen LogP contribution in [0.5, 0.6) is 0 Å². The highest BCUT2D eigenvalue weighted by Gasteiger charge is 2.23. The van der Waals surface area contributed by atoms with E-state index in [4.69, 9.17) is 44.9 Å². The minimum absolute atomic E-state index is 0.520. The second-order valence-corrected chi connectivity index (χ2v) is 30.5. The molecule has 0 saturated heterocycles. The lowest BCUT2D eigenvalue weighted by molar-refractivity contribution is 1.06. The lowest BCUT2D eigenvalue weighted by Gasteiger charge is -2.12. The number of benzene rings is 14. The maximum absolute atomic E-state index is 5.02. The Kier molecular flexibility index (Phi) is 17.8. The van der Waals surface area contributed by atoms with Gasteiger partial charge in [-0.05, 0) is 168 Å². The first-order valence-electron chi connectivity index (χ1n) is 41.1. The number of pyridine rings is 3. The van der Waals surface area contributed by atoms with E-state index in [1.54, 1.807) is 18.6 Å². The fourth-order valence-electron chi connectivity index (χ4n) is 17.2. The Hall–Kier alpha value is -17.2. The first-order valence-corrected chi connectivity index (χ1v) is 41.1. The smallest absolute Gasteiger partial charge is 0.182 e. The fourth-order valence-corrected chi connectivity index (χ4v) is 17.2. The summed E-state index contributed by atoms with van der Waals surface area (Å²) in [5, 5.41) is 9.52. The Balaban J connectivity index is 0.000000154. The van der Waals surface area contributed by atoms with E-state index in [0.717, 1.165) is 127 Å². The van der Waals surface area contributed by atoms with Crippen molar-refractivity contribution in [2.75, 3.05) is 0 Å². The Morgan fingerprint density at radius 2 is 0.427 bits per heavy atom. The van der Waals surface area contributed by atoms with Crippen molar-refractivity contribution in [2.45, 2.75) is 0 Å². The molecule has 0 fully saturated rings. The largest absolute Gasteiger partial charge is 0.355 e. The zero-order valence-corrected chi connectivity index (χ0v) is 66.4. The molecule has 0 saturated carbocycles. The van der Waals surface area contributed by atoms with E-state index in [1.807, 2.05) is 146 Å². The molecule has 580 valence electrons. The van der Waals surface area contributed by atoms with Crippen molar-refractivity contribution in [3.63, 3.8) is 0 Å². The number of aromatic amines is 1. The highest BCUT2D eigenvalue weighted by Crippen LogP contribution is 2.43. The molecule has 16 heteroatoms. The van der Waals surface area contributed by atoms with Gasteiger partial charge in [0.1, 0.15) is 17.1 Å². The van der Waals surface area contributed by atoms with Crippen molar-refractivity contribution >= 4 is 87.2 Å². The third kappa shape index (κ3) is 13.2. The topological polar surface area (TPSA) is 185 Å². The number of fused-ring (bicyclic) bond motifs is 12. The van der Waals surface area contributed by atoms with Crippen LogP contribution in [0.3, 0.4) is 0 Å². The van der Waals surface area contributed by atoms with E-state index in [1.165, 1.54) is 32.7 Å². The normalized spacial score (nSPS) is 11.5. The maximum Gasteiger partial charge on any atom is 0.182 e. The summed E-state index contributed by atoms with van der Waals surface area (Å²) in [6.07, 6.45) is 5.28. The number of nitrogens with one attached hydrogen (secondary N) is 1. The summed E-state index contributed by atoms with van der Waals surface area (Å²) in [5.41, 5.74) is 24.1. The summed E-state index contributed by atoms with van der Waals surface area (Å²) in [6.45, 7) is 0. The molecule has 0 spiro atoms. The van der Waals surface area contributed by atoms with Crippen LogP contribution in [0.25, 0.3) is 229 Å². The second kappa shape index (κ2) is 30.6. The Bertz CT molecular complexity index is 7780. The van der Waals surface area contributed by atoms with Crippen molar-refractivity contribution < 1.29 is 0 Å². The zero-order valence-electron chi connectivity index (χ0n) is 66.4. The van der Waals surface area contributed by atoms with E-state index in [9.17, 15) is 0 Å². The molecule has 0 aliphatic rings. The van der Waals surface area contributed by atoms with Crippen molar-refractivity contribution in [3.05, 3.63) is 407 Å². The molecule has 10 aromatic heterocycles. The minimum atomic E-state index is 0.520.